The summed E-state index contributed by atoms with van der Waals surface area (Å²) < 4.78 is 53.4. The van der Waals surface area contributed by atoms with E-state index in [0.29, 0.717) is 5.56 Å². The molecule has 1 heterocycles. The molecule has 0 aliphatic carbocycles. The molecule has 11 nitrogen and oxygen atoms in total. The summed E-state index contributed by atoms with van der Waals surface area (Å²) in [6, 6.07) is 15.2. The highest BCUT2D eigenvalue weighted by molar-refractivity contribution is 7.89. The summed E-state index contributed by atoms with van der Waals surface area (Å²) in [4.78, 5) is 51.5. The van der Waals surface area contributed by atoms with E-state index in [4.69, 9.17) is 22.1 Å². The molecule has 3 aromatic carbocycles. The fourth-order valence-corrected chi connectivity index (χ4v) is 6.86. The Bertz CT molecular complexity index is 1670. The predicted octanol–water partition coefficient (Wildman–Crippen LogP) is 3.53. The third-order valence-corrected chi connectivity index (χ3v) is 9.14. The Morgan fingerprint density at radius 3 is 2.37 bits per heavy atom. The van der Waals surface area contributed by atoms with Crippen molar-refractivity contribution in [2.75, 3.05) is 25.1 Å². The first-order valence-corrected chi connectivity index (χ1v) is 14.7. The van der Waals surface area contributed by atoms with Gasteiger partial charge in [0.15, 0.2) is 5.54 Å². The standard InChI is InChI=1S/C29H27ClFN3O8S/c1-41-25(35)17-19-6-4-7-21(16-19)33(28(32)38)18-26(36)42-27(37)29(23-8-2-3-9-24(23)31)14-5-15-34(29)43(39,40)22-12-10-20(30)11-13-22/h2-4,6-13,16H,5,14-15,17-18H2,1H3,(H2,32,38). The van der Waals surface area contributed by atoms with Crippen LogP contribution in [0.15, 0.2) is 77.7 Å². The van der Waals surface area contributed by atoms with E-state index in [1.165, 1.54) is 67.8 Å². The number of primary amides is 1. The molecular formula is C29H27ClFN3O8S. The Kier molecular flexibility index (Phi) is 9.48. The van der Waals surface area contributed by atoms with Gasteiger partial charge in [-0.3, -0.25) is 9.69 Å². The summed E-state index contributed by atoms with van der Waals surface area (Å²) in [7, 11) is -3.21. The van der Waals surface area contributed by atoms with Gasteiger partial charge in [0.2, 0.25) is 10.0 Å². The monoisotopic (exact) mass is 631 g/mol. The van der Waals surface area contributed by atoms with Crippen LogP contribution in [0.3, 0.4) is 0 Å². The van der Waals surface area contributed by atoms with E-state index in [1.54, 1.807) is 6.07 Å². The Hall–Kier alpha value is -4.33. The summed E-state index contributed by atoms with van der Waals surface area (Å²) >= 11 is 5.92. The first-order chi connectivity index (χ1) is 20.4. The number of nitrogens with two attached hydrogens (primary N) is 1. The summed E-state index contributed by atoms with van der Waals surface area (Å²) in [5, 5.41) is 0.278. The Balaban J connectivity index is 1.67. The number of urea groups is 1. The van der Waals surface area contributed by atoms with Crippen molar-refractivity contribution >= 4 is 51.3 Å². The number of ether oxygens (including phenoxy) is 2. The molecule has 0 aromatic heterocycles. The van der Waals surface area contributed by atoms with Gasteiger partial charge in [0.05, 0.1) is 18.4 Å². The highest BCUT2D eigenvalue weighted by Crippen LogP contribution is 2.44. The van der Waals surface area contributed by atoms with Crippen LogP contribution in [-0.4, -0.2) is 56.9 Å². The molecule has 3 aromatic rings. The topological polar surface area (TPSA) is 153 Å². The molecule has 1 aliphatic rings. The van der Waals surface area contributed by atoms with Crippen molar-refractivity contribution < 1.29 is 41.5 Å². The van der Waals surface area contributed by atoms with E-state index in [-0.39, 0.29) is 47.0 Å². The molecule has 1 saturated heterocycles. The van der Waals surface area contributed by atoms with Gasteiger partial charge in [0, 0.05) is 22.8 Å². The highest BCUT2D eigenvalue weighted by atomic mass is 35.5. The van der Waals surface area contributed by atoms with Crippen LogP contribution in [0.2, 0.25) is 5.02 Å². The lowest BCUT2D eigenvalue weighted by Gasteiger charge is -2.35. The number of sulfonamides is 1. The molecule has 0 saturated carbocycles. The second-order valence-corrected chi connectivity index (χ2v) is 11.9. The maximum atomic E-state index is 15.3. The number of esters is 3. The average molecular weight is 632 g/mol. The van der Waals surface area contributed by atoms with Gasteiger partial charge >= 0.3 is 23.9 Å². The second kappa shape index (κ2) is 12.9. The number of rotatable bonds is 9. The van der Waals surface area contributed by atoms with Gasteiger partial charge in [-0.25, -0.2) is 27.2 Å². The molecule has 2 N–H and O–H groups in total. The molecule has 1 fully saturated rings. The number of carbonyl (C=O) groups excluding carboxylic acids is 4. The Morgan fingerprint density at radius 1 is 1.02 bits per heavy atom. The molecule has 1 unspecified atom stereocenters. The average Bonchev–Trinajstić information content (AvgIpc) is 3.43. The number of amides is 2. The van der Waals surface area contributed by atoms with E-state index in [0.717, 1.165) is 15.3 Å². The minimum absolute atomic E-state index is 0.120. The minimum Gasteiger partial charge on any atom is -0.469 e. The zero-order chi connectivity index (χ0) is 31.4. The van der Waals surface area contributed by atoms with E-state index in [9.17, 15) is 27.6 Å². The third kappa shape index (κ3) is 6.53. The first kappa shape index (κ1) is 31.6. The van der Waals surface area contributed by atoms with Crippen molar-refractivity contribution in [3.63, 3.8) is 0 Å². The summed E-state index contributed by atoms with van der Waals surface area (Å²) in [5.74, 6) is -4.03. The SMILES string of the molecule is COC(=O)Cc1cccc(N(CC(=O)OC(=O)C2(c3ccccc3F)CCCN2S(=O)(=O)c2ccc(Cl)cc2)C(N)=O)c1. The van der Waals surface area contributed by atoms with Crippen molar-refractivity contribution in [3.8, 4) is 0 Å². The van der Waals surface area contributed by atoms with Gasteiger partial charge in [0.25, 0.3) is 0 Å². The molecular weight excluding hydrogens is 605 g/mol. The summed E-state index contributed by atoms with van der Waals surface area (Å²) in [5.41, 5.74) is 3.53. The lowest BCUT2D eigenvalue weighted by Crippen LogP contribution is -2.53. The van der Waals surface area contributed by atoms with Crippen LogP contribution < -0.4 is 10.6 Å². The fourth-order valence-electron chi connectivity index (χ4n) is 4.95. The fraction of sp³-hybridized carbons (Fsp3) is 0.241. The molecule has 43 heavy (non-hydrogen) atoms. The van der Waals surface area contributed by atoms with Crippen molar-refractivity contribution in [2.24, 2.45) is 5.73 Å². The van der Waals surface area contributed by atoms with E-state index < -0.39 is 51.9 Å². The predicted molar refractivity (Wildman–Crippen MR) is 153 cm³/mol. The number of carbonyl (C=O) groups is 4. The van der Waals surface area contributed by atoms with Crippen LogP contribution >= 0.6 is 11.6 Å². The molecule has 1 aliphatic heterocycles. The normalized spacial score (nSPS) is 16.8. The van der Waals surface area contributed by atoms with Gasteiger partial charge in [0.1, 0.15) is 12.4 Å². The summed E-state index contributed by atoms with van der Waals surface area (Å²) in [6.45, 7) is -1.02. The van der Waals surface area contributed by atoms with Crippen molar-refractivity contribution in [2.45, 2.75) is 29.7 Å². The zero-order valence-corrected chi connectivity index (χ0v) is 24.4. The number of nitrogens with zero attached hydrogens (tertiary/aromatic N) is 2. The Morgan fingerprint density at radius 2 is 1.72 bits per heavy atom. The van der Waals surface area contributed by atoms with Gasteiger partial charge in [-0.15, -0.1) is 0 Å². The van der Waals surface area contributed by atoms with E-state index >= 15 is 4.39 Å². The second-order valence-electron chi connectivity index (χ2n) is 9.58. The van der Waals surface area contributed by atoms with Gasteiger partial charge in [-0.05, 0) is 60.9 Å². The first-order valence-electron chi connectivity index (χ1n) is 12.9. The minimum atomic E-state index is -4.43. The van der Waals surface area contributed by atoms with Crippen molar-refractivity contribution in [1.82, 2.24) is 4.31 Å². The molecule has 0 radical (unpaired) electrons. The van der Waals surface area contributed by atoms with Gasteiger partial charge in [-0.2, -0.15) is 4.31 Å². The highest BCUT2D eigenvalue weighted by Gasteiger charge is 2.57. The van der Waals surface area contributed by atoms with E-state index in [2.05, 4.69) is 4.74 Å². The smallest absolute Gasteiger partial charge is 0.340 e. The van der Waals surface area contributed by atoms with Crippen molar-refractivity contribution in [3.05, 3.63) is 94.8 Å². The molecule has 0 spiro atoms. The molecule has 14 heteroatoms. The van der Waals surface area contributed by atoms with Crippen molar-refractivity contribution in [1.29, 1.82) is 0 Å². The van der Waals surface area contributed by atoms with Crippen LogP contribution in [0.5, 0.6) is 0 Å². The molecule has 226 valence electrons. The number of hydrogen-bond acceptors (Lipinski definition) is 8. The number of anilines is 1. The lowest BCUT2D eigenvalue weighted by atomic mass is 9.88. The molecule has 2 amide bonds. The van der Waals surface area contributed by atoms with E-state index in [1.807, 2.05) is 0 Å². The quantitative estimate of drug-likeness (QED) is 0.278. The van der Waals surface area contributed by atoms with Gasteiger partial charge < -0.3 is 15.2 Å². The number of hydrogen-bond donors (Lipinski definition) is 1. The third-order valence-electron chi connectivity index (χ3n) is 6.94. The maximum absolute atomic E-state index is 15.3. The number of halogens is 2. The number of benzene rings is 3. The van der Waals surface area contributed by atoms with Crippen LogP contribution in [0, 0.1) is 5.82 Å². The number of methoxy groups -OCH3 is 1. The van der Waals surface area contributed by atoms with Crippen LogP contribution in [0.1, 0.15) is 24.0 Å². The van der Waals surface area contributed by atoms with Crippen LogP contribution in [-0.2, 0) is 45.8 Å². The summed E-state index contributed by atoms with van der Waals surface area (Å²) in [6.07, 6.45) is -0.171. The lowest BCUT2D eigenvalue weighted by molar-refractivity contribution is -0.166. The maximum Gasteiger partial charge on any atom is 0.340 e. The van der Waals surface area contributed by atoms with Crippen LogP contribution in [0.25, 0.3) is 0 Å². The molecule has 0 bridgehead atoms. The van der Waals surface area contributed by atoms with Gasteiger partial charge in [-0.1, -0.05) is 41.9 Å². The van der Waals surface area contributed by atoms with Crippen LogP contribution in [0.4, 0.5) is 14.9 Å². The largest absolute Gasteiger partial charge is 0.469 e. The molecule has 1 atom stereocenters. The zero-order valence-electron chi connectivity index (χ0n) is 22.9. The molecule has 4 rings (SSSR count). The Labute approximate surface area is 252 Å².